The summed E-state index contributed by atoms with van der Waals surface area (Å²) in [5.74, 6) is -0.126. The Balaban J connectivity index is 1.59. The Bertz CT molecular complexity index is 780. The summed E-state index contributed by atoms with van der Waals surface area (Å²) in [6.45, 7) is 2.51. The van der Waals surface area contributed by atoms with Crippen LogP contribution in [0.4, 0.5) is 0 Å². The van der Waals surface area contributed by atoms with E-state index in [2.05, 4.69) is 20.4 Å². The van der Waals surface area contributed by atoms with Gasteiger partial charge in [0.1, 0.15) is 6.33 Å². The molecule has 0 bridgehead atoms. The smallest absolute Gasteiger partial charge is 0.290 e. The zero-order valence-electron chi connectivity index (χ0n) is 12.8. The first-order chi connectivity index (χ1) is 11.2. The van der Waals surface area contributed by atoms with Crippen molar-refractivity contribution in [1.82, 2.24) is 25.1 Å². The van der Waals surface area contributed by atoms with Gasteiger partial charge in [0, 0.05) is 24.9 Å². The van der Waals surface area contributed by atoms with Gasteiger partial charge in [-0.2, -0.15) is 0 Å². The molecule has 1 aromatic carbocycles. The lowest BCUT2D eigenvalue weighted by molar-refractivity contribution is 0.0944. The highest BCUT2D eigenvalue weighted by molar-refractivity contribution is 5.90. The monoisotopic (exact) mass is 307 g/mol. The zero-order chi connectivity index (χ0) is 16.1. The molecule has 23 heavy (non-hydrogen) atoms. The number of carbonyl (C=O) groups excluding carboxylic acids is 1. The summed E-state index contributed by atoms with van der Waals surface area (Å²) in [7, 11) is 0. The molecule has 0 radical (unpaired) electrons. The highest BCUT2D eigenvalue weighted by Crippen LogP contribution is 2.07. The van der Waals surface area contributed by atoms with Gasteiger partial charge < -0.3 is 5.32 Å². The first-order valence-corrected chi connectivity index (χ1v) is 7.39. The Kier molecular flexibility index (Phi) is 4.42. The predicted octanol–water partition coefficient (Wildman–Crippen LogP) is 1.94. The molecule has 0 saturated heterocycles. The number of carbonyl (C=O) groups is 1. The second-order valence-electron chi connectivity index (χ2n) is 5.18. The lowest BCUT2D eigenvalue weighted by Crippen LogP contribution is -2.27. The van der Waals surface area contributed by atoms with Gasteiger partial charge in [-0.3, -0.25) is 9.78 Å². The average molecular weight is 307 g/mol. The summed E-state index contributed by atoms with van der Waals surface area (Å²) in [5.41, 5.74) is 2.97. The number of hydrogen-bond donors (Lipinski definition) is 1. The number of aryl methyl sites for hydroxylation is 1. The van der Waals surface area contributed by atoms with Crippen LogP contribution in [0.3, 0.4) is 0 Å². The topological polar surface area (TPSA) is 72.7 Å². The molecule has 0 atom stereocenters. The van der Waals surface area contributed by atoms with Crippen LogP contribution in [0.2, 0.25) is 0 Å². The van der Waals surface area contributed by atoms with Crippen molar-refractivity contribution in [2.24, 2.45) is 0 Å². The van der Waals surface area contributed by atoms with Gasteiger partial charge in [-0.25, -0.2) is 9.67 Å². The van der Waals surface area contributed by atoms with Gasteiger partial charge in [0.05, 0.1) is 5.69 Å². The molecule has 0 fully saturated rings. The minimum absolute atomic E-state index is 0.159. The van der Waals surface area contributed by atoms with Crippen molar-refractivity contribution in [1.29, 1.82) is 0 Å². The third kappa shape index (κ3) is 3.79. The van der Waals surface area contributed by atoms with Crippen LogP contribution in [-0.2, 0) is 6.42 Å². The van der Waals surface area contributed by atoms with Crippen molar-refractivity contribution in [2.45, 2.75) is 13.3 Å². The van der Waals surface area contributed by atoms with Gasteiger partial charge >= 0.3 is 0 Å². The van der Waals surface area contributed by atoms with Gasteiger partial charge in [0.2, 0.25) is 5.82 Å². The van der Waals surface area contributed by atoms with Gasteiger partial charge in [0.25, 0.3) is 5.91 Å². The van der Waals surface area contributed by atoms with Crippen LogP contribution in [0.15, 0.2) is 55.0 Å². The predicted molar refractivity (Wildman–Crippen MR) is 86.4 cm³/mol. The van der Waals surface area contributed by atoms with E-state index in [1.807, 2.05) is 49.4 Å². The fraction of sp³-hybridized carbons (Fsp3) is 0.176. The molecule has 0 aliphatic rings. The van der Waals surface area contributed by atoms with E-state index in [1.165, 1.54) is 5.56 Å². The number of nitrogens with one attached hydrogen (secondary N) is 1. The van der Waals surface area contributed by atoms with Crippen molar-refractivity contribution in [3.8, 4) is 5.69 Å². The van der Waals surface area contributed by atoms with E-state index in [9.17, 15) is 4.79 Å². The molecule has 6 heteroatoms. The number of hydrogen-bond acceptors (Lipinski definition) is 4. The quantitative estimate of drug-likeness (QED) is 0.782. The van der Waals surface area contributed by atoms with E-state index in [4.69, 9.17) is 0 Å². The maximum Gasteiger partial charge on any atom is 0.290 e. The Morgan fingerprint density at radius 3 is 2.70 bits per heavy atom. The molecule has 0 aliphatic carbocycles. The maximum absolute atomic E-state index is 12.1. The SMILES string of the molecule is Cc1ccc(-n2cnc(C(=O)NCCc3ccccn3)n2)cc1. The molecule has 6 nitrogen and oxygen atoms in total. The van der Waals surface area contributed by atoms with Crippen molar-refractivity contribution in [3.05, 3.63) is 72.1 Å². The van der Waals surface area contributed by atoms with Crippen LogP contribution in [0.5, 0.6) is 0 Å². The number of amides is 1. The summed E-state index contributed by atoms with van der Waals surface area (Å²) in [6.07, 6.45) is 3.95. The molecule has 0 unspecified atom stereocenters. The highest BCUT2D eigenvalue weighted by Gasteiger charge is 2.11. The second-order valence-corrected chi connectivity index (χ2v) is 5.18. The van der Waals surface area contributed by atoms with Gasteiger partial charge in [-0.1, -0.05) is 23.8 Å². The first kappa shape index (κ1) is 14.9. The molecule has 0 spiro atoms. The van der Waals surface area contributed by atoms with E-state index < -0.39 is 0 Å². The number of rotatable bonds is 5. The maximum atomic E-state index is 12.1. The number of aromatic nitrogens is 4. The van der Waals surface area contributed by atoms with Gasteiger partial charge in [-0.05, 0) is 31.2 Å². The third-order valence-corrected chi connectivity index (χ3v) is 3.39. The first-order valence-electron chi connectivity index (χ1n) is 7.39. The summed E-state index contributed by atoms with van der Waals surface area (Å²) < 4.78 is 1.59. The van der Waals surface area contributed by atoms with Crippen molar-refractivity contribution < 1.29 is 4.79 Å². The fourth-order valence-electron chi connectivity index (χ4n) is 2.12. The zero-order valence-corrected chi connectivity index (χ0v) is 12.8. The largest absolute Gasteiger partial charge is 0.349 e. The van der Waals surface area contributed by atoms with Crippen LogP contribution in [0, 0.1) is 6.92 Å². The number of pyridine rings is 1. The molecule has 1 N–H and O–H groups in total. The van der Waals surface area contributed by atoms with Crippen LogP contribution >= 0.6 is 0 Å². The van der Waals surface area contributed by atoms with Crippen LogP contribution in [-0.4, -0.2) is 32.2 Å². The second kappa shape index (κ2) is 6.83. The van der Waals surface area contributed by atoms with Crippen molar-refractivity contribution >= 4 is 5.91 Å². The molecule has 1 amide bonds. The lowest BCUT2D eigenvalue weighted by Gasteiger charge is -2.02. The molecule has 2 heterocycles. The minimum Gasteiger partial charge on any atom is -0.349 e. The Morgan fingerprint density at radius 2 is 1.96 bits per heavy atom. The number of benzene rings is 1. The molecule has 0 saturated carbocycles. The number of nitrogens with zero attached hydrogens (tertiary/aromatic N) is 4. The van der Waals surface area contributed by atoms with E-state index in [0.29, 0.717) is 13.0 Å². The Morgan fingerprint density at radius 1 is 1.13 bits per heavy atom. The summed E-state index contributed by atoms with van der Waals surface area (Å²) >= 11 is 0. The van der Waals surface area contributed by atoms with Gasteiger partial charge in [0.15, 0.2) is 0 Å². The van der Waals surface area contributed by atoms with Crippen molar-refractivity contribution in [2.75, 3.05) is 6.54 Å². The fourth-order valence-corrected chi connectivity index (χ4v) is 2.12. The standard InChI is InChI=1S/C17H17N5O/c1-13-5-7-15(8-6-13)22-12-20-16(21-22)17(23)19-11-9-14-4-2-3-10-18-14/h2-8,10,12H,9,11H2,1H3,(H,19,23). The van der Waals surface area contributed by atoms with Crippen LogP contribution < -0.4 is 5.32 Å². The van der Waals surface area contributed by atoms with Crippen LogP contribution in [0.1, 0.15) is 21.9 Å². The summed E-state index contributed by atoms with van der Waals surface area (Å²) in [6, 6.07) is 13.6. The molecule has 3 aromatic rings. The van der Waals surface area contributed by atoms with Crippen molar-refractivity contribution in [3.63, 3.8) is 0 Å². The average Bonchev–Trinajstić information content (AvgIpc) is 3.06. The molecule has 116 valence electrons. The molecule has 3 rings (SSSR count). The Hall–Kier alpha value is -3.02. The summed E-state index contributed by atoms with van der Waals surface area (Å²) in [5, 5.41) is 7.02. The van der Waals surface area contributed by atoms with Crippen LogP contribution in [0.25, 0.3) is 5.69 Å². The summed E-state index contributed by atoms with van der Waals surface area (Å²) in [4.78, 5) is 20.3. The molecule has 2 aromatic heterocycles. The normalized spacial score (nSPS) is 10.5. The third-order valence-electron chi connectivity index (χ3n) is 3.39. The van der Waals surface area contributed by atoms with E-state index in [1.54, 1.807) is 17.2 Å². The molecular weight excluding hydrogens is 290 g/mol. The molecule has 0 aliphatic heterocycles. The van der Waals surface area contributed by atoms with Gasteiger partial charge in [-0.15, -0.1) is 5.10 Å². The highest BCUT2D eigenvalue weighted by atomic mass is 16.2. The lowest BCUT2D eigenvalue weighted by atomic mass is 10.2. The minimum atomic E-state index is -0.285. The Labute approximate surface area is 134 Å². The van der Waals surface area contributed by atoms with E-state index in [-0.39, 0.29) is 11.7 Å². The van der Waals surface area contributed by atoms with E-state index in [0.717, 1.165) is 11.4 Å². The van der Waals surface area contributed by atoms with E-state index >= 15 is 0 Å². The molecular formula is C17H17N5O.